The Balaban J connectivity index is 1.22. The van der Waals surface area contributed by atoms with Gasteiger partial charge in [0, 0.05) is 0 Å². The Morgan fingerprint density at radius 1 is 0.872 bits per heavy atom. The summed E-state index contributed by atoms with van der Waals surface area (Å²) in [5.41, 5.74) is 5.41. The number of halogens is 1. The van der Waals surface area contributed by atoms with Gasteiger partial charge in [0.1, 0.15) is 19.0 Å². The minimum atomic E-state index is -0.428. The molecular weight excluding hydrogens is 487 g/mol. The number of hydrogen-bond donors (Lipinski definition) is 0. The number of alkyl halides is 1. The average Bonchev–Trinajstić information content (AvgIpc) is 3.31. The van der Waals surface area contributed by atoms with Crippen molar-refractivity contribution < 1.29 is 18.6 Å². The maximum Gasteiger partial charge on any atom is 0.120 e. The first-order valence-electron chi connectivity index (χ1n) is 14.7. The maximum absolute atomic E-state index is 13.0. The van der Waals surface area contributed by atoms with Gasteiger partial charge in [0.25, 0.3) is 0 Å². The molecule has 4 heteroatoms. The number of benzene rings is 3. The van der Waals surface area contributed by atoms with Crippen LogP contribution in [0.5, 0.6) is 5.75 Å². The first-order chi connectivity index (χ1) is 19.2. The summed E-state index contributed by atoms with van der Waals surface area (Å²) >= 11 is 0. The van der Waals surface area contributed by atoms with Gasteiger partial charge in [0.05, 0.1) is 25.9 Å². The third kappa shape index (κ3) is 5.51. The molecule has 3 aliphatic rings. The zero-order valence-corrected chi connectivity index (χ0v) is 23.1. The minimum Gasteiger partial charge on any atom is -0.489 e. The van der Waals surface area contributed by atoms with Gasteiger partial charge in [-0.15, -0.1) is 0 Å². The van der Waals surface area contributed by atoms with Crippen molar-refractivity contribution in [2.24, 2.45) is 23.2 Å². The van der Waals surface area contributed by atoms with E-state index in [0.29, 0.717) is 43.5 Å². The van der Waals surface area contributed by atoms with Crippen molar-refractivity contribution in [3.63, 3.8) is 0 Å². The summed E-state index contributed by atoms with van der Waals surface area (Å²) in [4.78, 5) is 0. The number of ether oxygens (including phenoxy) is 3. The molecular formula is C35H41FO3. The molecule has 0 saturated heterocycles. The van der Waals surface area contributed by atoms with E-state index in [1.165, 1.54) is 35.1 Å². The summed E-state index contributed by atoms with van der Waals surface area (Å²) in [6, 6.07) is 27.6. The molecule has 3 nitrogen and oxygen atoms in total. The van der Waals surface area contributed by atoms with Gasteiger partial charge < -0.3 is 14.2 Å². The van der Waals surface area contributed by atoms with E-state index < -0.39 is 6.67 Å². The molecule has 1 unspecified atom stereocenters. The van der Waals surface area contributed by atoms with Gasteiger partial charge in [-0.25, -0.2) is 4.39 Å². The van der Waals surface area contributed by atoms with Crippen LogP contribution < -0.4 is 4.74 Å². The largest absolute Gasteiger partial charge is 0.489 e. The van der Waals surface area contributed by atoms with Gasteiger partial charge in [-0.1, -0.05) is 73.7 Å². The Morgan fingerprint density at radius 3 is 2.36 bits per heavy atom. The summed E-state index contributed by atoms with van der Waals surface area (Å²) in [5, 5.41) is 0. The van der Waals surface area contributed by atoms with Crippen LogP contribution in [0.1, 0.15) is 60.8 Å². The fourth-order valence-electron chi connectivity index (χ4n) is 8.15. The Morgan fingerprint density at radius 2 is 1.62 bits per heavy atom. The van der Waals surface area contributed by atoms with Crippen molar-refractivity contribution in [3.8, 4) is 5.75 Å². The van der Waals surface area contributed by atoms with E-state index in [-0.39, 0.29) is 18.1 Å². The Kier molecular flexibility index (Phi) is 8.04. The molecule has 0 aliphatic heterocycles. The summed E-state index contributed by atoms with van der Waals surface area (Å²) < 4.78 is 31.8. The highest BCUT2D eigenvalue weighted by Gasteiger charge is 2.58. The van der Waals surface area contributed by atoms with Crippen LogP contribution in [-0.4, -0.2) is 26.0 Å². The lowest BCUT2D eigenvalue weighted by molar-refractivity contribution is -0.0975. The molecule has 3 aliphatic carbocycles. The summed E-state index contributed by atoms with van der Waals surface area (Å²) in [7, 11) is 0. The number of fused-ring (bicyclic) bond motifs is 5. The molecule has 6 rings (SSSR count). The molecule has 3 aromatic carbocycles. The summed E-state index contributed by atoms with van der Waals surface area (Å²) in [5.74, 6) is 3.00. The second-order valence-corrected chi connectivity index (χ2v) is 12.1. The highest BCUT2D eigenvalue weighted by molar-refractivity contribution is 5.41. The van der Waals surface area contributed by atoms with E-state index in [1.807, 2.05) is 18.2 Å². The van der Waals surface area contributed by atoms with Crippen LogP contribution in [0.3, 0.4) is 0 Å². The first kappa shape index (κ1) is 26.5. The molecule has 39 heavy (non-hydrogen) atoms. The van der Waals surface area contributed by atoms with E-state index in [2.05, 4.69) is 67.6 Å². The Hall–Kier alpha value is -2.69. The number of aryl methyl sites for hydroxylation is 1. The molecule has 0 radical (unpaired) electrons. The van der Waals surface area contributed by atoms with Crippen LogP contribution in [0, 0.1) is 23.2 Å². The second kappa shape index (κ2) is 11.8. The van der Waals surface area contributed by atoms with Crippen LogP contribution in [0.25, 0.3) is 0 Å². The van der Waals surface area contributed by atoms with Crippen LogP contribution in [0.2, 0.25) is 0 Å². The number of hydrogen-bond acceptors (Lipinski definition) is 3. The maximum atomic E-state index is 13.0. The summed E-state index contributed by atoms with van der Waals surface area (Å²) in [6.45, 7) is 4.08. The van der Waals surface area contributed by atoms with Crippen molar-refractivity contribution in [2.45, 2.75) is 64.3 Å². The number of rotatable bonds is 10. The lowest BCUT2D eigenvalue weighted by Crippen LogP contribution is -2.49. The van der Waals surface area contributed by atoms with Gasteiger partial charge in [0.2, 0.25) is 0 Å². The molecule has 0 amide bonds. The van der Waals surface area contributed by atoms with Crippen LogP contribution in [-0.2, 0) is 29.1 Å². The third-order valence-electron chi connectivity index (χ3n) is 9.83. The molecule has 0 N–H and O–H groups in total. The molecule has 206 valence electrons. The van der Waals surface area contributed by atoms with Crippen molar-refractivity contribution in [3.05, 3.63) is 101 Å². The van der Waals surface area contributed by atoms with E-state index in [9.17, 15) is 4.39 Å². The molecule has 0 spiro atoms. The average molecular weight is 529 g/mol. The van der Waals surface area contributed by atoms with Gasteiger partial charge in [-0.3, -0.25) is 0 Å². The third-order valence-corrected chi connectivity index (χ3v) is 9.83. The van der Waals surface area contributed by atoms with Crippen molar-refractivity contribution in [1.29, 1.82) is 0 Å². The predicted octanol–water partition coefficient (Wildman–Crippen LogP) is 7.92. The highest BCUT2D eigenvalue weighted by atomic mass is 19.1. The highest BCUT2D eigenvalue weighted by Crippen LogP contribution is 2.63. The monoisotopic (exact) mass is 528 g/mol. The fraction of sp³-hybridized carbons (Fsp3) is 0.486. The molecule has 0 bridgehead atoms. The van der Waals surface area contributed by atoms with E-state index in [1.54, 1.807) is 0 Å². The van der Waals surface area contributed by atoms with Crippen LogP contribution in [0.15, 0.2) is 78.9 Å². The topological polar surface area (TPSA) is 27.7 Å². The lowest BCUT2D eigenvalue weighted by Gasteiger charge is -2.54. The predicted molar refractivity (Wildman–Crippen MR) is 153 cm³/mol. The molecule has 6 atom stereocenters. The molecule has 0 aromatic heterocycles. The van der Waals surface area contributed by atoms with Crippen LogP contribution in [0.4, 0.5) is 4.39 Å². The smallest absolute Gasteiger partial charge is 0.120 e. The summed E-state index contributed by atoms with van der Waals surface area (Å²) in [6.07, 6.45) is 5.93. The van der Waals surface area contributed by atoms with Gasteiger partial charge in [-0.2, -0.15) is 0 Å². The van der Waals surface area contributed by atoms with Gasteiger partial charge >= 0.3 is 0 Å². The second-order valence-electron chi connectivity index (χ2n) is 12.1. The molecule has 2 saturated carbocycles. The zero-order chi connectivity index (χ0) is 26.7. The standard InChI is InChI=1S/C35H41FO3/c1-35-21-28(24-37-19-18-36)34-30-15-13-29(38-22-25-8-4-2-5-9-25)20-27(30)12-14-31(34)32(35)16-17-33(35)39-23-26-10-6-3-7-11-26/h2-11,13,15,20,28,31-34H,12,14,16-19,21-24H2,1H3/t28-,31+,32+,33?,34-,35+/m1/s1. The SMILES string of the molecule is C[C@]12C[C@H](COCCF)[C@@H]3c4ccc(OCc5ccccc5)cc4CC[C@H]3[C@@H]1CCC2OCc1ccccc1. The van der Waals surface area contributed by atoms with E-state index >= 15 is 0 Å². The van der Waals surface area contributed by atoms with Gasteiger partial charge in [-0.05, 0) is 95.6 Å². The fourth-order valence-corrected chi connectivity index (χ4v) is 8.15. The van der Waals surface area contributed by atoms with Gasteiger partial charge in [0.15, 0.2) is 0 Å². The van der Waals surface area contributed by atoms with E-state index in [0.717, 1.165) is 25.0 Å². The minimum absolute atomic E-state index is 0.121. The van der Waals surface area contributed by atoms with Crippen LogP contribution >= 0.6 is 0 Å². The quantitative estimate of drug-likeness (QED) is 0.250. The molecule has 0 heterocycles. The first-order valence-corrected chi connectivity index (χ1v) is 14.7. The van der Waals surface area contributed by atoms with Crippen molar-refractivity contribution in [2.75, 3.05) is 19.9 Å². The Labute approximate surface area is 232 Å². The van der Waals surface area contributed by atoms with Crippen molar-refractivity contribution >= 4 is 0 Å². The zero-order valence-electron chi connectivity index (χ0n) is 23.1. The normalized spacial score (nSPS) is 29.3. The Bertz CT molecular complexity index is 1220. The van der Waals surface area contributed by atoms with E-state index in [4.69, 9.17) is 14.2 Å². The molecule has 2 fully saturated rings. The molecule has 3 aromatic rings. The lowest BCUT2D eigenvalue weighted by atomic mass is 9.52. The van der Waals surface area contributed by atoms with Crippen molar-refractivity contribution in [1.82, 2.24) is 0 Å².